The quantitative estimate of drug-likeness (QED) is 0.121. The molecule has 3 aromatic rings. The van der Waals surface area contributed by atoms with Gasteiger partial charge in [-0.1, -0.05) is 113 Å². The van der Waals surface area contributed by atoms with E-state index in [9.17, 15) is 0 Å². The van der Waals surface area contributed by atoms with Crippen molar-refractivity contribution in [2.75, 3.05) is 0 Å². The summed E-state index contributed by atoms with van der Waals surface area (Å²) in [6.45, 7) is 21.4. The fourth-order valence-electron chi connectivity index (χ4n) is 6.69. The van der Waals surface area contributed by atoms with Crippen molar-refractivity contribution >= 4 is 36.8 Å². The molecule has 0 spiro atoms. The van der Waals surface area contributed by atoms with Gasteiger partial charge in [0.2, 0.25) is 0 Å². The molecule has 7 heteroatoms. The molecule has 2 saturated heterocycles. The Kier molecular flexibility index (Phi) is 10.6. The Morgan fingerprint density at radius 3 is 1.54 bits per heavy atom. The first-order valence-corrected chi connectivity index (χ1v) is 18.1. The third-order valence-electron chi connectivity index (χ3n) is 11.6. The molecule has 2 heterocycles. The molecule has 48 heavy (non-hydrogen) atoms. The molecule has 2 aliphatic heterocycles. The standard InChI is InChI=1S/C41H57B2NO4/c1-11-14-15-28-40(10)39(8,9)47-43(48-40)35-26-20-32(21-27-35)36(29-30-16-22-33(23-17-30)41(44,12-2)13-3)31-18-24-34(25-19-31)42-45-37(4,5)38(6,7)46-42/h16-27,29H,11-15,28,44H2,1-10H3/b36-29+. The average molecular weight is 650 g/mol. The lowest BCUT2D eigenvalue weighted by atomic mass is 9.77. The van der Waals surface area contributed by atoms with Gasteiger partial charge in [0.15, 0.2) is 0 Å². The third-order valence-corrected chi connectivity index (χ3v) is 11.6. The van der Waals surface area contributed by atoms with E-state index in [4.69, 9.17) is 24.4 Å². The molecular weight excluding hydrogens is 592 g/mol. The van der Waals surface area contributed by atoms with Crippen LogP contribution in [0.4, 0.5) is 0 Å². The Labute approximate surface area is 291 Å². The van der Waals surface area contributed by atoms with Crippen LogP contribution >= 0.6 is 0 Å². The van der Waals surface area contributed by atoms with Crippen molar-refractivity contribution in [2.45, 2.75) is 136 Å². The Hall–Kier alpha value is -2.67. The largest absolute Gasteiger partial charge is 0.494 e. The van der Waals surface area contributed by atoms with E-state index in [1.165, 1.54) is 18.4 Å². The van der Waals surface area contributed by atoms with Gasteiger partial charge < -0.3 is 24.4 Å². The van der Waals surface area contributed by atoms with Gasteiger partial charge in [-0.2, -0.15) is 0 Å². The highest BCUT2D eigenvalue weighted by Gasteiger charge is 2.54. The molecule has 5 rings (SSSR count). The predicted octanol–water partition coefficient (Wildman–Crippen LogP) is 8.41. The second kappa shape index (κ2) is 13.9. The zero-order valence-electron chi connectivity index (χ0n) is 31.1. The van der Waals surface area contributed by atoms with Crippen LogP contribution in [-0.2, 0) is 24.2 Å². The first kappa shape index (κ1) is 36.6. The lowest BCUT2D eigenvalue weighted by molar-refractivity contribution is -0.0171. The Balaban J connectivity index is 1.46. The molecule has 2 fully saturated rings. The third kappa shape index (κ3) is 7.27. The van der Waals surface area contributed by atoms with Gasteiger partial charge in [0.25, 0.3) is 0 Å². The van der Waals surface area contributed by atoms with Crippen LogP contribution in [0.15, 0.2) is 72.8 Å². The number of benzene rings is 3. The van der Waals surface area contributed by atoms with E-state index < -0.39 is 14.2 Å². The summed E-state index contributed by atoms with van der Waals surface area (Å²) in [7, 11) is -0.797. The number of hydrogen-bond donors (Lipinski definition) is 1. The van der Waals surface area contributed by atoms with Gasteiger partial charge in [0.1, 0.15) is 0 Å². The van der Waals surface area contributed by atoms with Crippen LogP contribution in [0, 0.1) is 0 Å². The maximum Gasteiger partial charge on any atom is 0.494 e. The van der Waals surface area contributed by atoms with Crippen molar-refractivity contribution in [3.63, 3.8) is 0 Å². The average Bonchev–Trinajstić information content (AvgIpc) is 3.44. The Morgan fingerprint density at radius 2 is 1.08 bits per heavy atom. The van der Waals surface area contributed by atoms with E-state index in [1.807, 2.05) is 0 Å². The topological polar surface area (TPSA) is 62.9 Å². The van der Waals surface area contributed by atoms with Gasteiger partial charge in [0, 0.05) is 5.54 Å². The number of rotatable bonds is 12. The molecule has 2 aliphatic rings. The minimum atomic E-state index is -0.403. The highest BCUT2D eigenvalue weighted by atomic mass is 16.7. The fraction of sp³-hybridized carbons (Fsp3) is 0.512. The van der Waals surface area contributed by atoms with E-state index in [0.29, 0.717) is 0 Å². The van der Waals surface area contributed by atoms with Crippen LogP contribution in [0.5, 0.6) is 0 Å². The van der Waals surface area contributed by atoms with Crippen LogP contribution in [0.3, 0.4) is 0 Å². The van der Waals surface area contributed by atoms with E-state index in [0.717, 1.165) is 58.9 Å². The number of hydrogen-bond acceptors (Lipinski definition) is 5. The van der Waals surface area contributed by atoms with Crippen molar-refractivity contribution in [1.29, 1.82) is 0 Å². The second-order valence-corrected chi connectivity index (χ2v) is 15.6. The molecule has 0 aromatic heterocycles. The zero-order chi connectivity index (χ0) is 35.0. The highest BCUT2D eigenvalue weighted by Crippen LogP contribution is 2.41. The number of nitrogens with two attached hydrogens (primary N) is 1. The van der Waals surface area contributed by atoms with Crippen LogP contribution < -0.4 is 16.7 Å². The van der Waals surface area contributed by atoms with Crippen LogP contribution in [-0.4, -0.2) is 36.6 Å². The summed E-state index contributed by atoms with van der Waals surface area (Å²) in [5, 5.41) is 0. The van der Waals surface area contributed by atoms with Gasteiger partial charge in [-0.15, -0.1) is 0 Å². The van der Waals surface area contributed by atoms with Crippen molar-refractivity contribution in [3.8, 4) is 0 Å². The van der Waals surface area contributed by atoms with E-state index in [1.54, 1.807) is 0 Å². The van der Waals surface area contributed by atoms with Crippen LogP contribution in [0.1, 0.15) is 130 Å². The lowest BCUT2D eigenvalue weighted by Gasteiger charge is -2.36. The summed E-state index contributed by atoms with van der Waals surface area (Å²) >= 11 is 0. The summed E-state index contributed by atoms with van der Waals surface area (Å²) in [6.07, 6.45) is 8.57. The molecule has 0 saturated carbocycles. The van der Waals surface area contributed by atoms with E-state index in [-0.39, 0.29) is 27.9 Å². The van der Waals surface area contributed by atoms with Crippen LogP contribution in [0.25, 0.3) is 11.6 Å². The molecule has 5 nitrogen and oxygen atoms in total. The molecule has 3 aromatic carbocycles. The highest BCUT2D eigenvalue weighted by molar-refractivity contribution is 6.62. The van der Waals surface area contributed by atoms with Crippen molar-refractivity contribution < 1.29 is 18.6 Å². The Morgan fingerprint density at radius 1 is 0.625 bits per heavy atom. The maximum atomic E-state index is 6.72. The summed E-state index contributed by atoms with van der Waals surface area (Å²) in [6, 6.07) is 25.9. The molecule has 1 unspecified atom stereocenters. The molecular formula is C41H57B2NO4. The smallest absolute Gasteiger partial charge is 0.399 e. The monoisotopic (exact) mass is 649 g/mol. The van der Waals surface area contributed by atoms with E-state index in [2.05, 4.69) is 148 Å². The zero-order valence-corrected chi connectivity index (χ0v) is 31.1. The number of unbranched alkanes of at least 4 members (excludes halogenated alkanes) is 2. The minimum absolute atomic E-state index is 0.310. The van der Waals surface area contributed by atoms with Gasteiger partial charge in [-0.25, -0.2) is 0 Å². The minimum Gasteiger partial charge on any atom is -0.399 e. The maximum absolute atomic E-state index is 6.72. The molecule has 1 atom stereocenters. The first-order chi connectivity index (χ1) is 22.6. The lowest BCUT2D eigenvalue weighted by Crippen LogP contribution is -2.44. The second-order valence-electron chi connectivity index (χ2n) is 15.6. The Bertz CT molecular complexity index is 1540. The summed E-state index contributed by atoms with van der Waals surface area (Å²) in [5.74, 6) is 0. The van der Waals surface area contributed by atoms with Gasteiger partial charge in [-0.05, 0) is 113 Å². The van der Waals surface area contributed by atoms with Crippen molar-refractivity contribution in [3.05, 3.63) is 95.1 Å². The van der Waals surface area contributed by atoms with Crippen molar-refractivity contribution in [1.82, 2.24) is 0 Å². The van der Waals surface area contributed by atoms with Gasteiger partial charge >= 0.3 is 14.2 Å². The van der Waals surface area contributed by atoms with Gasteiger partial charge in [0.05, 0.1) is 22.4 Å². The summed E-state index contributed by atoms with van der Waals surface area (Å²) in [4.78, 5) is 0. The molecule has 0 amide bonds. The normalized spacial score (nSPS) is 22.0. The molecule has 0 aliphatic carbocycles. The van der Waals surface area contributed by atoms with Crippen molar-refractivity contribution in [2.24, 2.45) is 5.73 Å². The summed E-state index contributed by atoms with van der Waals surface area (Å²) < 4.78 is 25.9. The van der Waals surface area contributed by atoms with E-state index >= 15 is 0 Å². The van der Waals surface area contributed by atoms with Crippen LogP contribution in [0.2, 0.25) is 0 Å². The fourth-order valence-corrected chi connectivity index (χ4v) is 6.69. The predicted molar refractivity (Wildman–Crippen MR) is 203 cm³/mol. The molecule has 0 bridgehead atoms. The molecule has 0 radical (unpaired) electrons. The van der Waals surface area contributed by atoms with Gasteiger partial charge in [-0.3, -0.25) is 0 Å². The summed E-state index contributed by atoms with van der Waals surface area (Å²) in [5.41, 5.74) is 12.6. The molecule has 2 N–H and O–H groups in total. The SMILES string of the molecule is CCCCCC1(C)OB(c2ccc(/C(=C/c3ccc(C(N)(CC)CC)cc3)c3ccc(B4OC(C)(C)C(C)(C)O4)cc3)cc2)OC1(C)C. The first-order valence-electron chi connectivity index (χ1n) is 18.1. The molecule has 256 valence electrons.